The van der Waals surface area contributed by atoms with E-state index >= 15 is 0 Å². The van der Waals surface area contributed by atoms with Gasteiger partial charge in [-0.15, -0.1) is 0 Å². The standard InChI is InChI=1S/C40H27N3O/c44-37-20-10-9-19-33(37)35-25-30(27-13-3-1-4-14-27)26-36(41-35)34-24-31(23-29-17-7-8-18-32(29)34)39-40(28-15-5-2-6-16-28)43-22-12-11-21-38(43)42-39/h1-26,44H. The second kappa shape index (κ2) is 10.7. The van der Waals surface area contributed by atoms with E-state index < -0.39 is 0 Å². The number of nitrogens with zero attached hydrogens (tertiary/aromatic N) is 3. The molecule has 0 amide bonds. The number of phenols is 1. The van der Waals surface area contributed by atoms with Crippen molar-refractivity contribution < 1.29 is 5.11 Å². The Morgan fingerprint density at radius 1 is 0.477 bits per heavy atom. The SMILES string of the molecule is Oc1ccccc1-c1cc(-c2ccccc2)cc(-c2cc(-c3nc4ccccn4c3-c3ccccc3)cc3ccccc23)n1. The van der Waals surface area contributed by atoms with Crippen LogP contribution in [0.3, 0.4) is 0 Å². The largest absolute Gasteiger partial charge is 0.507 e. The molecule has 0 atom stereocenters. The molecule has 208 valence electrons. The monoisotopic (exact) mass is 565 g/mol. The van der Waals surface area contributed by atoms with Crippen molar-refractivity contribution in [3.8, 4) is 61.9 Å². The molecule has 0 aliphatic carbocycles. The summed E-state index contributed by atoms with van der Waals surface area (Å²) >= 11 is 0. The molecule has 44 heavy (non-hydrogen) atoms. The van der Waals surface area contributed by atoms with Crippen LogP contribution in [0.4, 0.5) is 0 Å². The van der Waals surface area contributed by atoms with Crippen LogP contribution in [0.1, 0.15) is 0 Å². The number of aromatic nitrogens is 3. The average molecular weight is 566 g/mol. The molecule has 0 aliphatic heterocycles. The first-order valence-corrected chi connectivity index (χ1v) is 14.6. The van der Waals surface area contributed by atoms with Gasteiger partial charge in [0.15, 0.2) is 0 Å². The minimum atomic E-state index is 0.201. The number of hydrogen-bond acceptors (Lipinski definition) is 3. The zero-order valence-electron chi connectivity index (χ0n) is 23.8. The van der Waals surface area contributed by atoms with E-state index in [0.29, 0.717) is 11.3 Å². The number of phenolic OH excluding ortho intramolecular Hbond substituents is 1. The molecule has 0 bridgehead atoms. The Kier molecular flexibility index (Phi) is 6.24. The molecular formula is C40H27N3O. The van der Waals surface area contributed by atoms with Crippen molar-refractivity contribution in [1.29, 1.82) is 0 Å². The highest BCUT2D eigenvalue weighted by molar-refractivity contribution is 6.01. The van der Waals surface area contributed by atoms with Crippen LogP contribution < -0.4 is 0 Å². The quantitative estimate of drug-likeness (QED) is 0.226. The van der Waals surface area contributed by atoms with E-state index in [9.17, 15) is 5.11 Å². The topological polar surface area (TPSA) is 50.4 Å². The first-order valence-electron chi connectivity index (χ1n) is 14.6. The molecule has 0 fully saturated rings. The molecule has 3 aromatic heterocycles. The van der Waals surface area contributed by atoms with Gasteiger partial charge in [-0.1, -0.05) is 103 Å². The summed E-state index contributed by atoms with van der Waals surface area (Å²) in [6, 6.07) is 51.3. The number of para-hydroxylation sites is 1. The van der Waals surface area contributed by atoms with E-state index in [0.717, 1.165) is 61.3 Å². The lowest BCUT2D eigenvalue weighted by atomic mass is 9.93. The fourth-order valence-corrected chi connectivity index (χ4v) is 6.02. The lowest BCUT2D eigenvalue weighted by Gasteiger charge is -2.14. The Morgan fingerprint density at radius 3 is 1.93 bits per heavy atom. The van der Waals surface area contributed by atoms with Crippen molar-refractivity contribution in [2.75, 3.05) is 0 Å². The van der Waals surface area contributed by atoms with Crippen LogP contribution in [0.2, 0.25) is 0 Å². The Bertz CT molecular complexity index is 2290. The van der Waals surface area contributed by atoms with Gasteiger partial charge >= 0.3 is 0 Å². The molecule has 0 saturated carbocycles. The number of imidazole rings is 1. The molecule has 0 aliphatic rings. The third kappa shape index (κ3) is 4.50. The van der Waals surface area contributed by atoms with Crippen molar-refractivity contribution in [3.05, 3.63) is 158 Å². The van der Waals surface area contributed by atoms with Crippen molar-refractivity contribution in [2.45, 2.75) is 0 Å². The number of pyridine rings is 2. The zero-order chi connectivity index (χ0) is 29.5. The number of hydrogen-bond donors (Lipinski definition) is 1. The highest BCUT2D eigenvalue weighted by atomic mass is 16.3. The van der Waals surface area contributed by atoms with Crippen molar-refractivity contribution in [2.24, 2.45) is 0 Å². The minimum absolute atomic E-state index is 0.201. The van der Waals surface area contributed by atoms with Gasteiger partial charge in [0, 0.05) is 28.5 Å². The van der Waals surface area contributed by atoms with Crippen molar-refractivity contribution in [3.63, 3.8) is 0 Å². The summed E-state index contributed by atoms with van der Waals surface area (Å²) < 4.78 is 2.16. The Labute approximate surface area is 255 Å². The van der Waals surface area contributed by atoms with Gasteiger partial charge in [0.1, 0.15) is 11.4 Å². The predicted octanol–water partition coefficient (Wildman–Crippen LogP) is 9.92. The maximum Gasteiger partial charge on any atom is 0.137 e. The third-order valence-electron chi connectivity index (χ3n) is 8.10. The molecule has 0 saturated heterocycles. The Hall–Kier alpha value is -6.00. The normalized spacial score (nSPS) is 11.3. The smallest absolute Gasteiger partial charge is 0.137 e. The van der Waals surface area contributed by atoms with Crippen LogP contribution in [0.5, 0.6) is 5.75 Å². The van der Waals surface area contributed by atoms with Crippen LogP contribution in [-0.4, -0.2) is 19.5 Å². The molecule has 1 N–H and O–H groups in total. The summed E-state index contributed by atoms with van der Waals surface area (Å²) in [5, 5.41) is 13.0. The van der Waals surface area contributed by atoms with E-state index in [2.05, 4.69) is 95.5 Å². The summed E-state index contributed by atoms with van der Waals surface area (Å²) in [4.78, 5) is 10.3. The fraction of sp³-hybridized carbons (Fsp3) is 0. The van der Waals surface area contributed by atoms with Crippen LogP contribution in [0.15, 0.2) is 158 Å². The predicted molar refractivity (Wildman–Crippen MR) is 179 cm³/mol. The van der Waals surface area contributed by atoms with Gasteiger partial charge in [0.25, 0.3) is 0 Å². The van der Waals surface area contributed by atoms with Crippen LogP contribution in [0, 0.1) is 0 Å². The third-order valence-corrected chi connectivity index (χ3v) is 8.10. The van der Waals surface area contributed by atoms with Crippen molar-refractivity contribution in [1.82, 2.24) is 14.4 Å². The Morgan fingerprint density at radius 2 is 1.14 bits per heavy atom. The average Bonchev–Trinajstić information content (AvgIpc) is 3.48. The van der Waals surface area contributed by atoms with E-state index in [1.165, 1.54) is 0 Å². The van der Waals surface area contributed by atoms with Crippen LogP contribution in [0.25, 0.3) is 72.6 Å². The highest BCUT2D eigenvalue weighted by Gasteiger charge is 2.19. The van der Waals surface area contributed by atoms with Crippen LogP contribution in [-0.2, 0) is 0 Å². The molecular weight excluding hydrogens is 538 g/mol. The van der Waals surface area contributed by atoms with E-state index in [-0.39, 0.29) is 5.75 Å². The molecule has 3 heterocycles. The molecule has 8 aromatic rings. The molecule has 0 spiro atoms. The van der Waals surface area contributed by atoms with Gasteiger partial charge in [-0.3, -0.25) is 4.40 Å². The molecule has 4 heteroatoms. The summed E-state index contributed by atoms with van der Waals surface area (Å²) in [5.41, 5.74) is 10.3. The highest BCUT2D eigenvalue weighted by Crippen LogP contribution is 2.40. The molecule has 0 unspecified atom stereocenters. The maximum absolute atomic E-state index is 10.8. The number of rotatable bonds is 5. The summed E-state index contributed by atoms with van der Waals surface area (Å²) in [7, 11) is 0. The van der Waals surface area contributed by atoms with Gasteiger partial charge < -0.3 is 5.11 Å². The fourth-order valence-electron chi connectivity index (χ4n) is 6.02. The zero-order valence-corrected chi connectivity index (χ0v) is 23.8. The second-order valence-electron chi connectivity index (χ2n) is 10.9. The number of fused-ring (bicyclic) bond motifs is 2. The van der Waals surface area contributed by atoms with Gasteiger partial charge in [-0.25, -0.2) is 9.97 Å². The molecule has 4 nitrogen and oxygen atoms in total. The van der Waals surface area contributed by atoms with E-state index in [4.69, 9.17) is 9.97 Å². The lowest BCUT2D eigenvalue weighted by Crippen LogP contribution is -1.94. The van der Waals surface area contributed by atoms with E-state index in [1.54, 1.807) is 6.07 Å². The first kappa shape index (κ1) is 25.7. The summed E-state index contributed by atoms with van der Waals surface area (Å²) in [6.07, 6.45) is 2.07. The molecule has 5 aromatic carbocycles. The van der Waals surface area contributed by atoms with Gasteiger partial charge in [0.05, 0.1) is 22.8 Å². The Balaban J connectivity index is 1.42. The molecule has 8 rings (SSSR count). The lowest BCUT2D eigenvalue weighted by molar-refractivity contribution is 0.477. The van der Waals surface area contributed by atoms with Gasteiger partial charge in [-0.05, 0) is 70.4 Å². The molecule has 0 radical (unpaired) electrons. The summed E-state index contributed by atoms with van der Waals surface area (Å²) in [5.74, 6) is 0.201. The number of benzene rings is 5. The van der Waals surface area contributed by atoms with Crippen molar-refractivity contribution >= 4 is 16.4 Å². The van der Waals surface area contributed by atoms with Gasteiger partial charge in [0.2, 0.25) is 0 Å². The maximum atomic E-state index is 10.8. The number of aromatic hydroxyl groups is 1. The minimum Gasteiger partial charge on any atom is -0.507 e. The summed E-state index contributed by atoms with van der Waals surface area (Å²) in [6.45, 7) is 0. The van der Waals surface area contributed by atoms with Gasteiger partial charge in [-0.2, -0.15) is 0 Å². The van der Waals surface area contributed by atoms with E-state index in [1.807, 2.05) is 60.7 Å². The van der Waals surface area contributed by atoms with Crippen LogP contribution >= 0.6 is 0 Å². The first-order chi connectivity index (χ1) is 21.7. The second-order valence-corrected chi connectivity index (χ2v) is 10.9.